The van der Waals surface area contributed by atoms with Crippen molar-refractivity contribution in [1.29, 1.82) is 0 Å². The lowest BCUT2D eigenvalue weighted by Gasteiger charge is -2.23. The molecule has 5 N–H and O–H groups in total. The molecule has 2 aromatic rings. The van der Waals surface area contributed by atoms with Crippen molar-refractivity contribution in [3.05, 3.63) is 53.8 Å². The minimum Gasteiger partial charge on any atom is -0.493 e. The summed E-state index contributed by atoms with van der Waals surface area (Å²) in [5, 5.41) is 31.9. The number of aromatic amines is 1. The van der Waals surface area contributed by atoms with Gasteiger partial charge in [0.2, 0.25) is 10.8 Å². The second kappa shape index (κ2) is 7.69. The second-order valence-corrected chi connectivity index (χ2v) is 9.37. The van der Waals surface area contributed by atoms with Gasteiger partial charge in [-0.2, -0.15) is 32.2 Å². The second-order valence-electron chi connectivity index (χ2n) is 6.29. The van der Waals surface area contributed by atoms with Gasteiger partial charge in [0.25, 0.3) is 20.2 Å². The lowest BCUT2D eigenvalue weighted by molar-refractivity contribution is 0.0690. The predicted molar refractivity (Wildman–Crippen MR) is 104 cm³/mol. The molecule has 164 valence electrons. The Labute approximate surface area is 175 Å². The Hall–Kier alpha value is -3.40. The van der Waals surface area contributed by atoms with Crippen molar-refractivity contribution in [3.8, 4) is 5.88 Å². The first kappa shape index (κ1) is 22.3. The molecule has 0 fully saturated rings. The number of carboxylic acids is 1. The molecular formula is C16H14N4O9S2. The summed E-state index contributed by atoms with van der Waals surface area (Å²) in [6, 6.07) is 4.35. The molecule has 1 aliphatic carbocycles. The number of nitrogens with one attached hydrogen (secondary N) is 1. The van der Waals surface area contributed by atoms with Crippen LogP contribution < -0.4 is 0 Å². The molecule has 0 amide bonds. The lowest BCUT2D eigenvalue weighted by atomic mass is 9.97. The minimum atomic E-state index is -4.85. The summed E-state index contributed by atoms with van der Waals surface area (Å²) < 4.78 is 64.8. The molecule has 0 spiro atoms. The number of hydrogen-bond donors (Lipinski definition) is 5. The summed E-state index contributed by atoms with van der Waals surface area (Å²) in [4.78, 5) is 8.59. The molecule has 31 heavy (non-hydrogen) atoms. The summed E-state index contributed by atoms with van der Waals surface area (Å²) in [6.45, 7) is 0. The molecule has 3 rings (SSSR count). The third-order valence-electron chi connectivity index (χ3n) is 4.29. The van der Waals surface area contributed by atoms with E-state index in [0.717, 1.165) is 36.4 Å². The van der Waals surface area contributed by atoms with Crippen LogP contribution in [-0.2, 0) is 20.2 Å². The van der Waals surface area contributed by atoms with Crippen LogP contribution in [0, 0.1) is 0 Å². The summed E-state index contributed by atoms with van der Waals surface area (Å²) in [7, 11) is -9.28. The number of hydrogen-bond acceptors (Lipinski definition) is 9. The third-order valence-corrected chi connectivity index (χ3v) is 6.44. The summed E-state index contributed by atoms with van der Waals surface area (Å²) in [6.07, 6.45) is 2.86. The number of carbonyl (C=O) groups is 1. The Morgan fingerprint density at radius 2 is 1.77 bits per heavy atom. The standard InChI is InChI=1S/C16H14N4O9S2/c21-14-12(13(15(22)23)18-19-14)9-5-7-16(8-6-9,31(27,28)29)20-17-10-1-3-11(4-2-10)30(24,25)26/h1-7H,8H2,(H,22,23)(H2,18,19,21)(H,24,25,26)(H,27,28,29). The number of allylic oxidation sites excluding steroid dienone is 2. The number of nitrogens with zero attached hydrogens (tertiary/aromatic N) is 3. The first-order valence-corrected chi connectivity index (χ1v) is 11.1. The Morgan fingerprint density at radius 1 is 1.13 bits per heavy atom. The first-order valence-electron chi connectivity index (χ1n) is 8.22. The highest BCUT2D eigenvalue weighted by Gasteiger charge is 2.42. The molecule has 0 bridgehead atoms. The summed E-state index contributed by atoms with van der Waals surface area (Å²) in [5.74, 6) is -1.98. The number of H-pyrrole nitrogens is 1. The first-order chi connectivity index (χ1) is 14.3. The molecule has 1 heterocycles. The number of benzene rings is 1. The zero-order valence-corrected chi connectivity index (χ0v) is 16.9. The number of azo groups is 1. The van der Waals surface area contributed by atoms with Crippen LogP contribution in [0.2, 0.25) is 0 Å². The maximum absolute atomic E-state index is 12.0. The van der Waals surface area contributed by atoms with Crippen molar-refractivity contribution < 1.29 is 40.9 Å². The smallest absolute Gasteiger partial charge is 0.357 e. The van der Waals surface area contributed by atoms with Crippen LogP contribution in [-0.4, -0.2) is 57.2 Å². The van der Waals surface area contributed by atoms with E-state index in [0.29, 0.717) is 0 Å². The van der Waals surface area contributed by atoms with Crippen molar-refractivity contribution >= 4 is 37.5 Å². The number of aromatic nitrogens is 2. The van der Waals surface area contributed by atoms with Crippen LogP contribution in [0.1, 0.15) is 22.5 Å². The van der Waals surface area contributed by atoms with Gasteiger partial charge >= 0.3 is 5.97 Å². The van der Waals surface area contributed by atoms with E-state index in [2.05, 4.69) is 20.4 Å². The van der Waals surface area contributed by atoms with Gasteiger partial charge in [0.15, 0.2) is 5.69 Å². The van der Waals surface area contributed by atoms with E-state index in [1.54, 1.807) is 0 Å². The highest BCUT2D eigenvalue weighted by Crippen LogP contribution is 2.37. The van der Waals surface area contributed by atoms with Gasteiger partial charge in [0.05, 0.1) is 16.1 Å². The molecule has 1 aromatic heterocycles. The highest BCUT2D eigenvalue weighted by molar-refractivity contribution is 7.87. The lowest BCUT2D eigenvalue weighted by Crippen LogP contribution is -2.34. The van der Waals surface area contributed by atoms with Gasteiger partial charge in [-0.1, -0.05) is 12.2 Å². The maximum Gasteiger partial charge on any atom is 0.357 e. The van der Waals surface area contributed by atoms with E-state index in [9.17, 15) is 31.3 Å². The van der Waals surface area contributed by atoms with Crippen molar-refractivity contribution in [2.45, 2.75) is 16.2 Å². The molecule has 0 saturated heterocycles. The number of aromatic hydroxyl groups is 1. The largest absolute Gasteiger partial charge is 0.493 e. The fraction of sp³-hybridized carbons (Fsp3) is 0.125. The average molecular weight is 470 g/mol. The van der Waals surface area contributed by atoms with E-state index in [1.165, 1.54) is 6.08 Å². The monoisotopic (exact) mass is 470 g/mol. The molecule has 0 saturated carbocycles. The topological polar surface area (TPSA) is 220 Å². The Kier molecular flexibility index (Phi) is 5.53. The Bertz CT molecular complexity index is 1340. The van der Waals surface area contributed by atoms with Crippen LogP contribution in [0.3, 0.4) is 0 Å². The quantitative estimate of drug-likeness (QED) is 0.304. The molecule has 1 atom stereocenters. The van der Waals surface area contributed by atoms with E-state index in [-0.39, 0.29) is 16.8 Å². The fourth-order valence-electron chi connectivity index (χ4n) is 2.70. The maximum atomic E-state index is 12.0. The van der Waals surface area contributed by atoms with Gasteiger partial charge in [-0.3, -0.25) is 9.11 Å². The van der Waals surface area contributed by atoms with Gasteiger partial charge in [0.1, 0.15) is 0 Å². The van der Waals surface area contributed by atoms with Crippen LogP contribution in [0.25, 0.3) is 5.57 Å². The van der Waals surface area contributed by atoms with Crippen molar-refractivity contribution in [2.24, 2.45) is 10.2 Å². The van der Waals surface area contributed by atoms with Gasteiger partial charge in [-0.15, -0.1) is 0 Å². The molecular weight excluding hydrogens is 456 g/mol. The highest BCUT2D eigenvalue weighted by atomic mass is 32.2. The summed E-state index contributed by atoms with van der Waals surface area (Å²) >= 11 is 0. The van der Waals surface area contributed by atoms with Crippen molar-refractivity contribution in [2.75, 3.05) is 0 Å². The molecule has 1 aromatic carbocycles. The van der Waals surface area contributed by atoms with E-state index in [4.69, 9.17) is 9.66 Å². The molecule has 0 radical (unpaired) electrons. The number of carboxylic acid groups (broad SMARTS) is 1. The normalized spacial score (nSPS) is 19.5. The van der Waals surface area contributed by atoms with Gasteiger partial charge in [-0.05, 0) is 35.9 Å². The van der Waals surface area contributed by atoms with E-state index in [1.807, 2.05) is 0 Å². The average Bonchev–Trinajstić information content (AvgIpc) is 3.07. The van der Waals surface area contributed by atoms with E-state index < -0.39 is 54.0 Å². The minimum absolute atomic E-state index is 0.0271. The van der Waals surface area contributed by atoms with E-state index >= 15 is 0 Å². The fourth-order valence-corrected chi connectivity index (χ4v) is 3.86. The molecule has 13 nitrogen and oxygen atoms in total. The van der Waals surface area contributed by atoms with Gasteiger partial charge < -0.3 is 10.2 Å². The Balaban J connectivity index is 1.95. The number of aromatic carboxylic acids is 1. The molecule has 0 aliphatic heterocycles. The third kappa shape index (κ3) is 4.38. The van der Waals surface area contributed by atoms with Crippen LogP contribution in [0.15, 0.2) is 57.6 Å². The van der Waals surface area contributed by atoms with Crippen LogP contribution in [0.4, 0.5) is 5.69 Å². The van der Waals surface area contributed by atoms with Gasteiger partial charge in [-0.25, -0.2) is 9.89 Å². The molecule has 15 heteroatoms. The Morgan fingerprint density at radius 3 is 2.26 bits per heavy atom. The van der Waals surface area contributed by atoms with Crippen LogP contribution in [0.5, 0.6) is 5.88 Å². The molecule has 1 aliphatic rings. The predicted octanol–water partition coefficient (Wildman–Crippen LogP) is 1.77. The zero-order chi connectivity index (χ0) is 23.0. The van der Waals surface area contributed by atoms with Crippen molar-refractivity contribution in [3.63, 3.8) is 0 Å². The molecule has 1 unspecified atom stereocenters. The van der Waals surface area contributed by atoms with Crippen molar-refractivity contribution in [1.82, 2.24) is 10.2 Å². The SMILES string of the molecule is O=C(O)c1n[nH]c(O)c1C1=CCC(N=Nc2ccc(S(=O)(=O)O)cc2)(S(=O)(=O)O)C=C1. The summed E-state index contributed by atoms with van der Waals surface area (Å²) in [5.41, 5.74) is -0.520. The zero-order valence-electron chi connectivity index (χ0n) is 15.2. The van der Waals surface area contributed by atoms with Crippen LogP contribution >= 0.6 is 0 Å². The number of rotatable bonds is 6. The van der Waals surface area contributed by atoms with Gasteiger partial charge in [0, 0.05) is 6.42 Å².